The molecule has 0 amide bonds. The first-order valence-electron chi connectivity index (χ1n) is 8.12. The predicted octanol–water partition coefficient (Wildman–Crippen LogP) is 4.04. The summed E-state index contributed by atoms with van der Waals surface area (Å²) < 4.78 is 13.2. The maximum absolute atomic E-state index is 5.84. The van der Waals surface area contributed by atoms with Gasteiger partial charge in [0.2, 0.25) is 0 Å². The van der Waals surface area contributed by atoms with Crippen molar-refractivity contribution in [2.75, 3.05) is 20.8 Å². The molecular weight excluding hydrogens is 316 g/mol. The Morgan fingerprint density at radius 2 is 1.72 bits per heavy atom. The van der Waals surface area contributed by atoms with Gasteiger partial charge in [0.1, 0.15) is 30.9 Å². The van der Waals surface area contributed by atoms with E-state index in [9.17, 15) is 0 Å². The average molecular weight is 338 g/mol. The Labute approximate surface area is 147 Å². The molecular formula is C20H22N2O3. The molecule has 130 valence electrons. The summed E-state index contributed by atoms with van der Waals surface area (Å²) in [6.07, 6.45) is 0. The summed E-state index contributed by atoms with van der Waals surface area (Å²) in [5, 5.41) is 5.36. The minimum absolute atomic E-state index is 0.353. The second kappa shape index (κ2) is 7.75. The summed E-state index contributed by atoms with van der Waals surface area (Å²) in [4.78, 5) is 5.00. The molecule has 1 aromatic heterocycles. The van der Waals surface area contributed by atoms with Gasteiger partial charge in [-0.15, -0.1) is 0 Å². The van der Waals surface area contributed by atoms with Gasteiger partial charge in [-0.25, -0.2) is 0 Å². The summed E-state index contributed by atoms with van der Waals surface area (Å²) in [7, 11) is 3.19. The molecule has 0 spiro atoms. The van der Waals surface area contributed by atoms with Crippen LogP contribution in [0, 0.1) is 6.92 Å². The number of ether oxygens (including phenoxy) is 2. The number of aryl methyl sites for hydroxylation is 1. The lowest BCUT2D eigenvalue weighted by Gasteiger charge is -2.12. The summed E-state index contributed by atoms with van der Waals surface area (Å²) in [6, 6.07) is 18.0. The summed E-state index contributed by atoms with van der Waals surface area (Å²) >= 11 is 0. The third kappa shape index (κ3) is 3.94. The lowest BCUT2D eigenvalue weighted by atomic mass is 10.2. The molecule has 25 heavy (non-hydrogen) atoms. The van der Waals surface area contributed by atoms with Crippen LogP contribution in [-0.2, 0) is 11.4 Å². The quantitative estimate of drug-likeness (QED) is 0.482. The zero-order valence-corrected chi connectivity index (χ0v) is 14.7. The standard InChI is InChI=1S/C20H22N2O3/c1-15-12-16-6-4-5-7-20(16)22(15)13-17(21-24-3)14-25-19-10-8-18(23-2)9-11-19/h4-12H,13-14H2,1-3H3. The molecule has 0 atom stereocenters. The van der Waals surface area contributed by atoms with E-state index in [1.807, 2.05) is 36.4 Å². The Morgan fingerprint density at radius 1 is 1.00 bits per heavy atom. The van der Waals surface area contributed by atoms with E-state index in [0.29, 0.717) is 13.2 Å². The van der Waals surface area contributed by atoms with Crippen LogP contribution in [0.15, 0.2) is 59.8 Å². The summed E-state index contributed by atoms with van der Waals surface area (Å²) in [5.74, 6) is 1.56. The van der Waals surface area contributed by atoms with Crippen molar-refractivity contribution in [1.82, 2.24) is 4.57 Å². The molecule has 0 bridgehead atoms. The third-order valence-corrected chi connectivity index (χ3v) is 4.04. The molecule has 0 saturated carbocycles. The molecule has 3 aromatic rings. The molecule has 3 rings (SSSR count). The molecule has 0 unspecified atom stereocenters. The number of para-hydroxylation sites is 1. The van der Waals surface area contributed by atoms with Crippen molar-refractivity contribution in [2.45, 2.75) is 13.5 Å². The second-order valence-electron chi connectivity index (χ2n) is 5.73. The average Bonchev–Trinajstić information content (AvgIpc) is 2.96. The Bertz CT molecular complexity index is 866. The lowest BCUT2D eigenvalue weighted by Crippen LogP contribution is -2.19. The zero-order valence-electron chi connectivity index (χ0n) is 14.7. The third-order valence-electron chi connectivity index (χ3n) is 4.04. The first kappa shape index (κ1) is 16.9. The van der Waals surface area contributed by atoms with Crippen molar-refractivity contribution < 1.29 is 14.3 Å². The number of methoxy groups -OCH3 is 1. The van der Waals surface area contributed by atoms with E-state index in [1.54, 1.807) is 14.2 Å². The molecule has 0 aliphatic rings. The van der Waals surface area contributed by atoms with E-state index in [0.717, 1.165) is 17.2 Å². The van der Waals surface area contributed by atoms with Gasteiger partial charge in [0.15, 0.2) is 0 Å². The Hall–Kier alpha value is -2.95. The van der Waals surface area contributed by atoms with Crippen molar-refractivity contribution in [3.8, 4) is 11.5 Å². The van der Waals surface area contributed by atoms with Crippen LogP contribution in [0.2, 0.25) is 0 Å². The predicted molar refractivity (Wildman–Crippen MR) is 99.6 cm³/mol. The molecule has 0 fully saturated rings. The first-order valence-corrected chi connectivity index (χ1v) is 8.12. The first-order chi connectivity index (χ1) is 12.2. The number of rotatable bonds is 7. The van der Waals surface area contributed by atoms with Crippen molar-refractivity contribution >= 4 is 16.6 Å². The molecule has 0 N–H and O–H groups in total. The van der Waals surface area contributed by atoms with E-state index in [-0.39, 0.29) is 0 Å². The molecule has 2 aromatic carbocycles. The highest BCUT2D eigenvalue weighted by Crippen LogP contribution is 2.20. The van der Waals surface area contributed by atoms with Crippen LogP contribution < -0.4 is 9.47 Å². The minimum Gasteiger partial charge on any atom is -0.497 e. The molecule has 1 heterocycles. The second-order valence-corrected chi connectivity index (χ2v) is 5.73. The van der Waals surface area contributed by atoms with E-state index < -0.39 is 0 Å². The van der Waals surface area contributed by atoms with Gasteiger partial charge in [0.25, 0.3) is 0 Å². The fourth-order valence-corrected chi connectivity index (χ4v) is 2.81. The largest absolute Gasteiger partial charge is 0.497 e. The van der Waals surface area contributed by atoms with Crippen molar-refractivity contribution in [3.05, 3.63) is 60.3 Å². The van der Waals surface area contributed by atoms with Crippen LogP contribution in [0.5, 0.6) is 11.5 Å². The van der Waals surface area contributed by atoms with Crippen LogP contribution in [0.1, 0.15) is 5.69 Å². The van der Waals surface area contributed by atoms with Gasteiger partial charge in [-0.05, 0) is 48.7 Å². The van der Waals surface area contributed by atoms with Gasteiger partial charge in [-0.1, -0.05) is 23.4 Å². The molecule has 0 radical (unpaired) electrons. The Kier molecular flexibility index (Phi) is 5.23. The number of aromatic nitrogens is 1. The number of hydrogen-bond acceptors (Lipinski definition) is 4. The van der Waals surface area contributed by atoms with Crippen molar-refractivity contribution in [2.24, 2.45) is 5.16 Å². The van der Waals surface area contributed by atoms with Crippen molar-refractivity contribution in [1.29, 1.82) is 0 Å². The van der Waals surface area contributed by atoms with Gasteiger partial charge in [0, 0.05) is 11.2 Å². The minimum atomic E-state index is 0.353. The summed E-state index contributed by atoms with van der Waals surface area (Å²) in [6.45, 7) is 3.06. The highest BCUT2D eigenvalue weighted by atomic mass is 16.6. The van der Waals surface area contributed by atoms with E-state index in [4.69, 9.17) is 14.3 Å². The van der Waals surface area contributed by atoms with Crippen LogP contribution in [0.25, 0.3) is 10.9 Å². The Morgan fingerprint density at radius 3 is 2.44 bits per heavy atom. The fourth-order valence-electron chi connectivity index (χ4n) is 2.81. The highest BCUT2D eigenvalue weighted by molar-refractivity contribution is 5.88. The van der Waals surface area contributed by atoms with Crippen LogP contribution in [0.4, 0.5) is 0 Å². The smallest absolute Gasteiger partial charge is 0.132 e. The number of oxime groups is 1. The molecule has 0 saturated heterocycles. The highest BCUT2D eigenvalue weighted by Gasteiger charge is 2.10. The van der Waals surface area contributed by atoms with Gasteiger partial charge >= 0.3 is 0 Å². The van der Waals surface area contributed by atoms with Crippen molar-refractivity contribution in [3.63, 3.8) is 0 Å². The summed E-state index contributed by atoms with van der Waals surface area (Å²) in [5.41, 5.74) is 3.16. The van der Waals surface area contributed by atoms with E-state index >= 15 is 0 Å². The SMILES string of the molecule is CON=C(COc1ccc(OC)cc1)Cn1c(C)cc2ccccc21. The maximum atomic E-state index is 5.84. The maximum Gasteiger partial charge on any atom is 0.132 e. The molecule has 0 aliphatic carbocycles. The van der Waals surface area contributed by atoms with Crippen LogP contribution in [-0.4, -0.2) is 31.1 Å². The number of benzene rings is 2. The van der Waals surface area contributed by atoms with Crippen LogP contribution in [0.3, 0.4) is 0 Å². The van der Waals surface area contributed by atoms with E-state index in [2.05, 4.69) is 34.8 Å². The van der Waals surface area contributed by atoms with Crippen LogP contribution >= 0.6 is 0 Å². The fraction of sp³-hybridized carbons (Fsp3) is 0.250. The molecule has 5 nitrogen and oxygen atoms in total. The molecule has 0 aliphatic heterocycles. The number of hydrogen-bond donors (Lipinski definition) is 0. The van der Waals surface area contributed by atoms with Gasteiger partial charge in [-0.2, -0.15) is 0 Å². The number of fused-ring (bicyclic) bond motifs is 1. The monoisotopic (exact) mass is 338 g/mol. The van der Waals surface area contributed by atoms with Gasteiger partial charge in [-0.3, -0.25) is 0 Å². The van der Waals surface area contributed by atoms with Gasteiger partial charge in [0.05, 0.1) is 13.7 Å². The van der Waals surface area contributed by atoms with Gasteiger partial charge < -0.3 is 18.9 Å². The molecule has 5 heteroatoms. The lowest BCUT2D eigenvalue weighted by molar-refractivity contribution is 0.208. The zero-order chi connectivity index (χ0) is 17.6. The topological polar surface area (TPSA) is 45.0 Å². The van der Waals surface area contributed by atoms with E-state index in [1.165, 1.54) is 16.6 Å². The Balaban J connectivity index is 1.74. The normalized spacial score (nSPS) is 11.6. The number of nitrogens with zero attached hydrogens (tertiary/aromatic N) is 2.